The van der Waals surface area contributed by atoms with E-state index in [0.29, 0.717) is 12.8 Å². The third-order valence-corrected chi connectivity index (χ3v) is 2.47. The highest BCUT2D eigenvalue weighted by atomic mass is 16.4. The molecule has 5 heteroatoms. The summed E-state index contributed by atoms with van der Waals surface area (Å²) in [4.78, 5) is 21.1. The van der Waals surface area contributed by atoms with Gasteiger partial charge in [-0.25, -0.2) is 0 Å². The predicted octanol–water partition coefficient (Wildman–Crippen LogP) is -0.0877. The van der Waals surface area contributed by atoms with Crippen LogP contribution in [0.15, 0.2) is 0 Å². The van der Waals surface area contributed by atoms with Crippen LogP contribution in [-0.2, 0) is 9.59 Å². The molecule has 1 aliphatic heterocycles. The first kappa shape index (κ1) is 9.98. The zero-order valence-electron chi connectivity index (χ0n) is 7.36. The van der Waals surface area contributed by atoms with Crippen LogP contribution in [0.3, 0.4) is 0 Å². The van der Waals surface area contributed by atoms with Gasteiger partial charge < -0.3 is 15.5 Å². The molecule has 1 heterocycles. The molecule has 74 valence electrons. The van der Waals surface area contributed by atoms with Gasteiger partial charge in [0.1, 0.15) is 6.04 Å². The maximum absolute atomic E-state index is 10.6. The fourth-order valence-electron chi connectivity index (χ4n) is 1.53. The first-order chi connectivity index (χ1) is 6.02. The molecule has 0 saturated carbocycles. The number of rotatable bonds is 3. The summed E-state index contributed by atoms with van der Waals surface area (Å²) < 4.78 is 0. The highest BCUT2D eigenvalue weighted by Crippen LogP contribution is 2.19. The van der Waals surface area contributed by atoms with Gasteiger partial charge in [-0.2, -0.15) is 0 Å². The third-order valence-electron chi connectivity index (χ3n) is 2.47. The van der Waals surface area contributed by atoms with E-state index in [4.69, 9.17) is 10.2 Å². The average Bonchev–Trinajstić information content (AvgIpc) is 2.50. The molecule has 5 nitrogen and oxygen atoms in total. The second-order valence-corrected chi connectivity index (χ2v) is 3.37. The van der Waals surface area contributed by atoms with Gasteiger partial charge >= 0.3 is 11.9 Å². The van der Waals surface area contributed by atoms with Crippen molar-refractivity contribution in [1.29, 1.82) is 0 Å². The SMILES string of the molecule is CC(C(=O)O)C1CCC(C(=O)O)N1. The monoisotopic (exact) mass is 187 g/mol. The number of nitrogens with one attached hydrogen (secondary N) is 1. The van der Waals surface area contributed by atoms with Gasteiger partial charge in [0.2, 0.25) is 0 Å². The number of aliphatic carboxylic acids is 2. The zero-order chi connectivity index (χ0) is 10.0. The smallest absolute Gasteiger partial charge is 0.320 e. The zero-order valence-corrected chi connectivity index (χ0v) is 7.36. The molecule has 1 saturated heterocycles. The Morgan fingerprint density at radius 2 is 2.00 bits per heavy atom. The lowest BCUT2D eigenvalue weighted by Crippen LogP contribution is -2.40. The lowest BCUT2D eigenvalue weighted by molar-refractivity contribution is -0.143. The maximum Gasteiger partial charge on any atom is 0.320 e. The molecule has 1 rings (SSSR count). The summed E-state index contributed by atoms with van der Waals surface area (Å²) in [6.07, 6.45) is 1.13. The van der Waals surface area contributed by atoms with Crippen LogP contribution in [0.4, 0.5) is 0 Å². The Morgan fingerprint density at radius 3 is 2.38 bits per heavy atom. The van der Waals surface area contributed by atoms with E-state index in [1.807, 2.05) is 0 Å². The summed E-state index contributed by atoms with van der Waals surface area (Å²) in [7, 11) is 0. The molecular weight excluding hydrogens is 174 g/mol. The van der Waals surface area contributed by atoms with Crippen molar-refractivity contribution < 1.29 is 19.8 Å². The first-order valence-corrected chi connectivity index (χ1v) is 4.24. The topological polar surface area (TPSA) is 86.6 Å². The average molecular weight is 187 g/mol. The Balaban J connectivity index is 2.49. The van der Waals surface area contributed by atoms with Crippen LogP contribution in [0.1, 0.15) is 19.8 Å². The highest BCUT2D eigenvalue weighted by molar-refractivity contribution is 5.75. The molecule has 0 bridgehead atoms. The molecule has 0 aromatic carbocycles. The lowest BCUT2D eigenvalue weighted by Gasteiger charge is -2.15. The molecular formula is C8H13NO4. The van der Waals surface area contributed by atoms with Crippen LogP contribution in [0.25, 0.3) is 0 Å². The molecule has 3 N–H and O–H groups in total. The van der Waals surface area contributed by atoms with Gasteiger partial charge in [-0.05, 0) is 12.8 Å². The van der Waals surface area contributed by atoms with Crippen LogP contribution in [-0.4, -0.2) is 34.2 Å². The Labute approximate surface area is 75.7 Å². The van der Waals surface area contributed by atoms with E-state index in [1.54, 1.807) is 6.92 Å². The lowest BCUT2D eigenvalue weighted by atomic mass is 10.0. The largest absolute Gasteiger partial charge is 0.481 e. The molecule has 1 aliphatic rings. The van der Waals surface area contributed by atoms with Gasteiger partial charge in [0, 0.05) is 6.04 Å². The van der Waals surface area contributed by atoms with E-state index in [2.05, 4.69) is 5.32 Å². The minimum absolute atomic E-state index is 0.210. The maximum atomic E-state index is 10.6. The predicted molar refractivity (Wildman–Crippen MR) is 44.4 cm³/mol. The second kappa shape index (κ2) is 3.74. The van der Waals surface area contributed by atoms with E-state index >= 15 is 0 Å². The molecule has 0 radical (unpaired) electrons. The molecule has 13 heavy (non-hydrogen) atoms. The number of carboxylic acids is 2. The van der Waals surface area contributed by atoms with Crippen molar-refractivity contribution in [2.45, 2.75) is 31.8 Å². The van der Waals surface area contributed by atoms with E-state index in [1.165, 1.54) is 0 Å². The van der Waals surface area contributed by atoms with Gasteiger partial charge in [0.05, 0.1) is 5.92 Å². The van der Waals surface area contributed by atoms with E-state index in [0.717, 1.165) is 0 Å². The van der Waals surface area contributed by atoms with Crippen LogP contribution in [0, 0.1) is 5.92 Å². The van der Waals surface area contributed by atoms with Crippen molar-refractivity contribution in [1.82, 2.24) is 5.32 Å². The Bertz CT molecular complexity index is 228. The van der Waals surface area contributed by atoms with Crippen molar-refractivity contribution in [2.75, 3.05) is 0 Å². The van der Waals surface area contributed by atoms with Gasteiger partial charge in [-0.1, -0.05) is 6.92 Å². The number of carbonyl (C=O) groups is 2. The van der Waals surface area contributed by atoms with Crippen LogP contribution < -0.4 is 5.32 Å². The minimum atomic E-state index is -0.903. The second-order valence-electron chi connectivity index (χ2n) is 3.37. The molecule has 3 atom stereocenters. The van der Waals surface area contributed by atoms with Crippen molar-refractivity contribution in [3.8, 4) is 0 Å². The normalized spacial score (nSPS) is 29.9. The Morgan fingerprint density at radius 1 is 1.38 bits per heavy atom. The molecule has 0 aromatic rings. The van der Waals surface area contributed by atoms with Gasteiger partial charge in [0.15, 0.2) is 0 Å². The number of hydrogen-bond acceptors (Lipinski definition) is 3. The summed E-state index contributed by atoms with van der Waals surface area (Å²) in [5, 5.41) is 20.1. The molecule has 0 amide bonds. The fraction of sp³-hybridized carbons (Fsp3) is 0.750. The van der Waals surface area contributed by atoms with Crippen molar-refractivity contribution in [2.24, 2.45) is 5.92 Å². The summed E-state index contributed by atoms with van der Waals surface area (Å²) in [5.41, 5.74) is 0. The van der Waals surface area contributed by atoms with E-state index < -0.39 is 23.9 Å². The van der Waals surface area contributed by atoms with Crippen LogP contribution >= 0.6 is 0 Å². The Kier molecular flexibility index (Phi) is 2.87. The molecule has 0 spiro atoms. The van der Waals surface area contributed by atoms with E-state index in [9.17, 15) is 9.59 Å². The molecule has 3 unspecified atom stereocenters. The Hall–Kier alpha value is -1.10. The minimum Gasteiger partial charge on any atom is -0.481 e. The summed E-state index contributed by atoms with van der Waals surface area (Å²) in [5.74, 6) is -2.31. The third kappa shape index (κ3) is 2.18. The van der Waals surface area contributed by atoms with E-state index in [-0.39, 0.29) is 6.04 Å². The fourth-order valence-corrected chi connectivity index (χ4v) is 1.53. The summed E-state index contributed by atoms with van der Waals surface area (Å²) in [6.45, 7) is 1.59. The number of hydrogen-bond donors (Lipinski definition) is 3. The molecule has 0 aliphatic carbocycles. The van der Waals surface area contributed by atoms with Gasteiger partial charge in [-0.3, -0.25) is 9.59 Å². The van der Waals surface area contributed by atoms with Crippen molar-refractivity contribution in [3.05, 3.63) is 0 Å². The summed E-state index contributed by atoms with van der Waals surface area (Å²) in [6, 6.07) is -0.787. The quantitative estimate of drug-likeness (QED) is 0.575. The number of carboxylic acid groups (broad SMARTS) is 2. The van der Waals surface area contributed by atoms with Crippen molar-refractivity contribution >= 4 is 11.9 Å². The standard InChI is InChI=1S/C8H13NO4/c1-4(7(10)11)5-2-3-6(9-5)8(12)13/h4-6,9H,2-3H2,1H3,(H,10,11)(H,12,13). The molecule has 0 aromatic heterocycles. The van der Waals surface area contributed by atoms with Crippen LogP contribution in [0.2, 0.25) is 0 Å². The highest BCUT2D eigenvalue weighted by Gasteiger charge is 2.34. The summed E-state index contributed by atoms with van der Waals surface area (Å²) >= 11 is 0. The van der Waals surface area contributed by atoms with Crippen molar-refractivity contribution in [3.63, 3.8) is 0 Å². The van der Waals surface area contributed by atoms with Gasteiger partial charge in [-0.15, -0.1) is 0 Å². The first-order valence-electron chi connectivity index (χ1n) is 4.24. The van der Waals surface area contributed by atoms with Gasteiger partial charge in [0.25, 0.3) is 0 Å². The van der Waals surface area contributed by atoms with Crippen LogP contribution in [0.5, 0.6) is 0 Å². The molecule has 1 fully saturated rings.